The third kappa shape index (κ3) is 2.70. The van der Waals surface area contributed by atoms with E-state index in [0.717, 1.165) is 6.54 Å². The molecule has 1 heterocycles. The molecule has 0 fully saturated rings. The smallest absolute Gasteiger partial charge is 0.0706 e. The van der Waals surface area contributed by atoms with Crippen molar-refractivity contribution in [3.05, 3.63) is 46.0 Å². The van der Waals surface area contributed by atoms with Crippen LogP contribution in [0.25, 0.3) is 0 Å². The van der Waals surface area contributed by atoms with E-state index in [1.54, 1.807) is 0 Å². The number of nitrogens with one attached hydrogen (secondary N) is 1. The van der Waals surface area contributed by atoms with Crippen LogP contribution in [0.4, 0.5) is 0 Å². The Balaban J connectivity index is 2.39. The predicted molar refractivity (Wildman–Crippen MR) is 71.3 cm³/mol. The van der Waals surface area contributed by atoms with Crippen LogP contribution < -0.4 is 5.32 Å². The van der Waals surface area contributed by atoms with Crippen molar-refractivity contribution in [3.8, 4) is 0 Å². The zero-order valence-electron chi connectivity index (χ0n) is 10.4. The van der Waals surface area contributed by atoms with Crippen molar-refractivity contribution in [3.63, 3.8) is 0 Å². The van der Waals surface area contributed by atoms with Gasteiger partial charge in [0.05, 0.1) is 17.1 Å². The molecular formula is C13H17N3S. The van der Waals surface area contributed by atoms with Gasteiger partial charge >= 0.3 is 0 Å². The Morgan fingerprint density at radius 2 is 2.18 bits per heavy atom. The number of rotatable bonds is 4. The zero-order chi connectivity index (χ0) is 12.3. The molecule has 1 aromatic carbocycles. The molecule has 0 saturated heterocycles. The third-order valence-electron chi connectivity index (χ3n) is 2.81. The van der Waals surface area contributed by atoms with Crippen molar-refractivity contribution < 1.29 is 0 Å². The molecule has 17 heavy (non-hydrogen) atoms. The number of nitrogens with zero attached hydrogens (tertiary/aromatic N) is 2. The Labute approximate surface area is 106 Å². The monoisotopic (exact) mass is 247 g/mol. The molecular weight excluding hydrogens is 230 g/mol. The summed E-state index contributed by atoms with van der Waals surface area (Å²) in [4.78, 5) is 1.17. The van der Waals surface area contributed by atoms with Crippen LogP contribution in [0.2, 0.25) is 0 Å². The molecule has 90 valence electrons. The summed E-state index contributed by atoms with van der Waals surface area (Å²) in [7, 11) is 0. The van der Waals surface area contributed by atoms with E-state index in [-0.39, 0.29) is 6.04 Å². The van der Waals surface area contributed by atoms with Crippen LogP contribution in [0, 0.1) is 13.8 Å². The van der Waals surface area contributed by atoms with Crippen LogP contribution in [0.1, 0.15) is 34.5 Å². The van der Waals surface area contributed by atoms with Gasteiger partial charge in [0, 0.05) is 0 Å². The van der Waals surface area contributed by atoms with E-state index < -0.39 is 0 Å². The first-order valence-electron chi connectivity index (χ1n) is 5.80. The predicted octanol–water partition coefficient (Wildman–Crippen LogP) is 2.85. The second-order valence-electron chi connectivity index (χ2n) is 4.17. The maximum absolute atomic E-state index is 3.95. The van der Waals surface area contributed by atoms with Gasteiger partial charge in [-0.3, -0.25) is 0 Å². The molecule has 0 amide bonds. The summed E-state index contributed by atoms with van der Waals surface area (Å²) in [5.74, 6) is 0. The number of hydrogen-bond donors (Lipinski definition) is 1. The molecule has 2 aromatic rings. The second-order valence-corrected chi connectivity index (χ2v) is 4.99. The van der Waals surface area contributed by atoms with Crippen LogP contribution in [0.15, 0.2) is 24.4 Å². The molecule has 4 heteroatoms. The van der Waals surface area contributed by atoms with Crippen molar-refractivity contribution in [2.75, 3.05) is 6.54 Å². The lowest BCUT2D eigenvalue weighted by atomic mass is 9.98. The van der Waals surface area contributed by atoms with Gasteiger partial charge < -0.3 is 5.32 Å². The van der Waals surface area contributed by atoms with Crippen molar-refractivity contribution in [1.29, 1.82) is 0 Å². The Morgan fingerprint density at radius 3 is 2.76 bits per heavy atom. The van der Waals surface area contributed by atoms with Crippen LogP contribution in [-0.4, -0.2) is 16.1 Å². The Hall–Kier alpha value is -1.26. The van der Waals surface area contributed by atoms with Crippen molar-refractivity contribution >= 4 is 11.5 Å². The first-order chi connectivity index (χ1) is 8.22. The summed E-state index contributed by atoms with van der Waals surface area (Å²) >= 11 is 1.46. The highest BCUT2D eigenvalue weighted by atomic mass is 32.1. The van der Waals surface area contributed by atoms with Gasteiger partial charge in [-0.15, -0.1) is 5.10 Å². The van der Waals surface area contributed by atoms with E-state index in [0.29, 0.717) is 0 Å². The van der Waals surface area contributed by atoms with Gasteiger partial charge in [0.25, 0.3) is 0 Å². The normalized spacial score (nSPS) is 12.6. The largest absolute Gasteiger partial charge is 0.306 e. The van der Waals surface area contributed by atoms with Crippen molar-refractivity contribution in [2.24, 2.45) is 0 Å². The summed E-state index contributed by atoms with van der Waals surface area (Å²) in [6.07, 6.45) is 1.84. The van der Waals surface area contributed by atoms with E-state index in [1.807, 2.05) is 6.20 Å². The summed E-state index contributed by atoms with van der Waals surface area (Å²) in [5, 5.41) is 7.42. The Kier molecular flexibility index (Phi) is 3.86. The SMILES string of the molecule is CCNC(c1cnns1)c1ccc(C)cc1C. The topological polar surface area (TPSA) is 37.8 Å². The molecule has 1 aromatic heterocycles. The van der Waals surface area contributed by atoms with Gasteiger partial charge in [0.2, 0.25) is 0 Å². The summed E-state index contributed by atoms with van der Waals surface area (Å²) in [6, 6.07) is 6.77. The van der Waals surface area contributed by atoms with Gasteiger partial charge in [0.15, 0.2) is 0 Å². The van der Waals surface area contributed by atoms with Crippen LogP contribution >= 0.6 is 11.5 Å². The first kappa shape index (κ1) is 12.2. The van der Waals surface area contributed by atoms with Gasteiger partial charge in [-0.05, 0) is 43.1 Å². The molecule has 1 unspecified atom stereocenters. The molecule has 1 N–H and O–H groups in total. The summed E-state index contributed by atoms with van der Waals surface area (Å²) < 4.78 is 3.95. The maximum atomic E-state index is 3.95. The maximum Gasteiger partial charge on any atom is 0.0706 e. The molecule has 2 rings (SSSR count). The van der Waals surface area contributed by atoms with E-state index >= 15 is 0 Å². The van der Waals surface area contributed by atoms with Crippen LogP contribution in [0.3, 0.4) is 0 Å². The van der Waals surface area contributed by atoms with Crippen LogP contribution in [-0.2, 0) is 0 Å². The number of hydrogen-bond acceptors (Lipinski definition) is 4. The van der Waals surface area contributed by atoms with E-state index in [1.165, 1.54) is 33.1 Å². The fourth-order valence-corrected chi connectivity index (χ4v) is 2.62. The lowest BCUT2D eigenvalue weighted by molar-refractivity contribution is 0.635. The molecule has 0 spiro atoms. The molecule has 0 radical (unpaired) electrons. The minimum Gasteiger partial charge on any atom is -0.306 e. The van der Waals surface area contributed by atoms with Gasteiger partial charge in [0.1, 0.15) is 0 Å². The highest BCUT2D eigenvalue weighted by molar-refractivity contribution is 7.05. The molecule has 3 nitrogen and oxygen atoms in total. The average molecular weight is 247 g/mol. The fraction of sp³-hybridized carbons (Fsp3) is 0.385. The zero-order valence-corrected chi connectivity index (χ0v) is 11.2. The minimum atomic E-state index is 0.209. The molecule has 0 aliphatic heterocycles. The third-order valence-corrected chi connectivity index (χ3v) is 3.54. The summed E-state index contributed by atoms with van der Waals surface area (Å²) in [6.45, 7) is 7.31. The molecule has 0 aliphatic rings. The fourth-order valence-electron chi connectivity index (χ4n) is 2.02. The van der Waals surface area contributed by atoms with E-state index in [2.05, 4.69) is 53.9 Å². The molecule has 0 aliphatic carbocycles. The van der Waals surface area contributed by atoms with Gasteiger partial charge in [-0.1, -0.05) is 35.2 Å². The highest BCUT2D eigenvalue weighted by Gasteiger charge is 2.17. The van der Waals surface area contributed by atoms with Crippen molar-refractivity contribution in [1.82, 2.24) is 14.9 Å². The lowest BCUT2D eigenvalue weighted by Gasteiger charge is -2.18. The van der Waals surface area contributed by atoms with Gasteiger partial charge in [-0.25, -0.2) is 0 Å². The number of aromatic nitrogens is 2. The van der Waals surface area contributed by atoms with Crippen molar-refractivity contribution in [2.45, 2.75) is 26.8 Å². The Bertz CT molecular complexity index is 479. The van der Waals surface area contributed by atoms with E-state index in [4.69, 9.17) is 0 Å². The quantitative estimate of drug-likeness (QED) is 0.902. The second kappa shape index (κ2) is 5.38. The number of benzene rings is 1. The summed E-state index contributed by atoms with van der Waals surface area (Å²) in [5.41, 5.74) is 3.91. The minimum absolute atomic E-state index is 0.209. The highest BCUT2D eigenvalue weighted by Crippen LogP contribution is 2.26. The lowest BCUT2D eigenvalue weighted by Crippen LogP contribution is -2.22. The van der Waals surface area contributed by atoms with Gasteiger partial charge in [-0.2, -0.15) is 0 Å². The standard InChI is InChI=1S/C13H17N3S/c1-4-14-13(12-8-15-16-17-12)11-6-5-9(2)7-10(11)3/h5-8,13-14H,4H2,1-3H3. The molecule has 1 atom stereocenters. The average Bonchev–Trinajstić information content (AvgIpc) is 2.80. The first-order valence-corrected chi connectivity index (χ1v) is 6.57. The van der Waals surface area contributed by atoms with Crippen LogP contribution in [0.5, 0.6) is 0 Å². The number of aryl methyl sites for hydroxylation is 2. The molecule has 0 bridgehead atoms. The Morgan fingerprint density at radius 1 is 1.35 bits per heavy atom. The molecule has 0 saturated carbocycles. The van der Waals surface area contributed by atoms with E-state index in [9.17, 15) is 0 Å².